The zero-order chi connectivity index (χ0) is 24.5. The van der Waals surface area contributed by atoms with Gasteiger partial charge in [0.25, 0.3) is 10.0 Å². The topological polar surface area (TPSA) is 93.9 Å². The Morgan fingerprint density at radius 2 is 1.88 bits per heavy atom. The Morgan fingerprint density at radius 3 is 2.50 bits per heavy atom. The van der Waals surface area contributed by atoms with Gasteiger partial charge in [0.15, 0.2) is 0 Å². The first kappa shape index (κ1) is 25.0. The molecule has 4 rings (SSSR count). The van der Waals surface area contributed by atoms with Gasteiger partial charge in [0.05, 0.1) is 22.8 Å². The van der Waals surface area contributed by atoms with E-state index in [0.29, 0.717) is 48.7 Å². The molecule has 2 aromatic rings. The average molecular weight is 492 g/mol. The zero-order valence-corrected chi connectivity index (χ0v) is 21.5. The van der Waals surface area contributed by atoms with Crippen LogP contribution in [0.15, 0.2) is 29.2 Å². The quantitative estimate of drug-likeness (QED) is 0.543. The Bertz CT molecular complexity index is 1100. The van der Waals surface area contributed by atoms with Crippen molar-refractivity contribution in [3.8, 4) is 5.75 Å². The second-order valence-electron chi connectivity index (χ2n) is 10.0. The van der Waals surface area contributed by atoms with Crippen LogP contribution in [0.5, 0.6) is 5.75 Å². The third-order valence-corrected chi connectivity index (χ3v) is 8.34. The molecule has 1 saturated heterocycles. The van der Waals surface area contributed by atoms with Crippen molar-refractivity contribution < 1.29 is 23.0 Å². The second-order valence-corrected chi connectivity index (χ2v) is 11.9. The van der Waals surface area contributed by atoms with Crippen LogP contribution in [0, 0.1) is 18.8 Å². The van der Waals surface area contributed by atoms with E-state index >= 15 is 0 Å². The van der Waals surface area contributed by atoms with E-state index in [1.54, 1.807) is 36.7 Å². The molecule has 34 heavy (non-hydrogen) atoms. The summed E-state index contributed by atoms with van der Waals surface area (Å²) in [4.78, 5) is 0.144. The fourth-order valence-corrected chi connectivity index (χ4v) is 5.90. The van der Waals surface area contributed by atoms with Gasteiger partial charge in [-0.25, -0.2) is 17.4 Å². The van der Waals surface area contributed by atoms with Gasteiger partial charge < -0.3 is 14.6 Å². The van der Waals surface area contributed by atoms with E-state index in [2.05, 4.69) is 5.10 Å². The van der Waals surface area contributed by atoms with Crippen molar-refractivity contribution in [1.29, 1.82) is 0 Å². The molecule has 1 aliphatic carbocycles. The molecule has 2 heterocycles. The Kier molecular flexibility index (Phi) is 7.26. The van der Waals surface area contributed by atoms with Crippen LogP contribution in [0.25, 0.3) is 0 Å². The molecule has 1 saturated carbocycles. The van der Waals surface area contributed by atoms with Crippen molar-refractivity contribution in [3.05, 3.63) is 35.5 Å². The SMILES string of the molecule is CCn1nc(C)cc1N(CC1CC1)S(=O)(=O)c1ccc(OCC2CCOCC2)c(C(C)(C)O)c1. The highest BCUT2D eigenvalue weighted by molar-refractivity contribution is 7.92. The Hall–Kier alpha value is -2.10. The van der Waals surface area contributed by atoms with Crippen molar-refractivity contribution >= 4 is 15.8 Å². The number of hydrogen-bond donors (Lipinski definition) is 1. The van der Waals surface area contributed by atoms with Gasteiger partial charge in [0, 0.05) is 37.9 Å². The third-order valence-electron chi connectivity index (χ3n) is 6.57. The molecule has 0 amide bonds. The number of rotatable bonds is 10. The Morgan fingerprint density at radius 1 is 1.18 bits per heavy atom. The number of hydrogen-bond acceptors (Lipinski definition) is 6. The van der Waals surface area contributed by atoms with Crippen molar-refractivity contribution in [2.45, 2.75) is 70.4 Å². The van der Waals surface area contributed by atoms with Gasteiger partial charge in [-0.05, 0) is 83.4 Å². The number of nitrogens with zero attached hydrogens (tertiary/aromatic N) is 3. The van der Waals surface area contributed by atoms with Crippen LogP contribution in [0.2, 0.25) is 0 Å². The van der Waals surface area contributed by atoms with Crippen LogP contribution < -0.4 is 9.04 Å². The summed E-state index contributed by atoms with van der Waals surface area (Å²) in [5.41, 5.74) is -0.0197. The molecule has 0 radical (unpaired) electrons. The van der Waals surface area contributed by atoms with E-state index in [1.807, 2.05) is 19.9 Å². The van der Waals surface area contributed by atoms with Crippen molar-refractivity contribution in [3.63, 3.8) is 0 Å². The summed E-state index contributed by atoms with van der Waals surface area (Å²) in [6, 6.07) is 6.65. The molecular formula is C25H37N3O5S. The molecule has 0 bridgehead atoms. The lowest BCUT2D eigenvalue weighted by molar-refractivity contribution is 0.0462. The lowest BCUT2D eigenvalue weighted by Gasteiger charge is -2.28. The van der Waals surface area contributed by atoms with Gasteiger partial charge in [0.2, 0.25) is 0 Å². The average Bonchev–Trinajstić information content (AvgIpc) is 3.55. The maximum Gasteiger partial charge on any atom is 0.265 e. The highest BCUT2D eigenvalue weighted by Gasteiger charge is 2.35. The van der Waals surface area contributed by atoms with E-state index in [4.69, 9.17) is 9.47 Å². The summed E-state index contributed by atoms with van der Waals surface area (Å²) in [6.45, 7) is 10.1. The molecule has 1 N–H and O–H groups in total. The molecule has 1 aromatic heterocycles. The summed E-state index contributed by atoms with van der Waals surface area (Å²) in [5, 5.41) is 15.3. The van der Waals surface area contributed by atoms with Gasteiger partial charge in [-0.15, -0.1) is 0 Å². The van der Waals surface area contributed by atoms with Crippen LogP contribution in [0.1, 0.15) is 57.7 Å². The fraction of sp³-hybridized carbons (Fsp3) is 0.640. The summed E-state index contributed by atoms with van der Waals surface area (Å²) in [7, 11) is -3.87. The number of anilines is 1. The number of aromatic nitrogens is 2. The number of benzene rings is 1. The Labute approximate surface area is 202 Å². The number of ether oxygens (including phenoxy) is 2. The fourth-order valence-electron chi connectivity index (χ4n) is 4.34. The van der Waals surface area contributed by atoms with Gasteiger partial charge in [-0.3, -0.25) is 0 Å². The van der Waals surface area contributed by atoms with Crippen molar-refractivity contribution in [1.82, 2.24) is 9.78 Å². The van der Waals surface area contributed by atoms with Crippen LogP contribution in [0.4, 0.5) is 5.82 Å². The number of aliphatic hydroxyl groups is 1. The Balaban J connectivity index is 1.67. The van der Waals surface area contributed by atoms with E-state index < -0.39 is 15.6 Å². The number of sulfonamides is 1. The van der Waals surface area contributed by atoms with E-state index in [0.717, 1.165) is 44.6 Å². The summed E-state index contributed by atoms with van der Waals surface area (Å²) in [5.74, 6) is 1.84. The van der Waals surface area contributed by atoms with Crippen LogP contribution in [-0.4, -0.2) is 49.7 Å². The molecule has 2 fully saturated rings. The minimum atomic E-state index is -3.87. The zero-order valence-electron chi connectivity index (χ0n) is 20.7. The minimum absolute atomic E-state index is 0.144. The second kappa shape index (κ2) is 9.87. The molecule has 0 spiro atoms. The van der Waals surface area contributed by atoms with Crippen LogP contribution in [-0.2, 0) is 26.9 Å². The first-order valence-electron chi connectivity index (χ1n) is 12.2. The molecule has 188 valence electrons. The van der Waals surface area contributed by atoms with Gasteiger partial charge >= 0.3 is 0 Å². The smallest absolute Gasteiger partial charge is 0.265 e. The van der Waals surface area contributed by atoms with Crippen LogP contribution >= 0.6 is 0 Å². The van der Waals surface area contributed by atoms with Crippen LogP contribution in [0.3, 0.4) is 0 Å². The normalized spacial score (nSPS) is 17.7. The molecule has 2 aliphatic rings. The largest absolute Gasteiger partial charge is 0.493 e. The van der Waals surface area contributed by atoms with E-state index in [1.165, 1.54) is 4.31 Å². The van der Waals surface area contributed by atoms with Gasteiger partial charge in [0.1, 0.15) is 11.6 Å². The monoisotopic (exact) mass is 491 g/mol. The summed E-state index contributed by atoms with van der Waals surface area (Å²) in [6.07, 6.45) is 3.92. The maximum atomic E-state index is 13.9. The lowest BCUT2D eigenvalue weighted by atomic mass is 9.97. The minimum Gasteiger partial charge on any atom is -0.493 e. The maximum absolute atomic E-state index is 13.9. The predicted octanol–water partition coefficient (Wildman–Crippen LogP) is 3.85. The van der Waals surface area contributed by atoms with Gasteiger partial charge in [-0.1, -0.05) is 0 Å². The standard InChI is InChI=1S/C25H37N3O5S/c1-5-27-24(14-18(2)26-27)28(16-19-6-7-19)34(30,31)21-8-9-23(22(15-21)25(3,4)29)33-17-20-10-12-32-13-11-20/h8-9,14-15,19-20,29H,5-7,10-13,16-17H2,1-4H3. The third kappa shape index (κ3) is 5.58. The highest BCUT2D eigenvalue weighted by atomic mass is 32.2. The molecule has 0 unspecified atom stereocenters. The summed E-state index contributed by atoms with van der Waals surface area (Å²) >= 11 is 0. The van der Waals surface area contributed by atoms with E-state index in [9.17, 15) is 13.5 Å². The van der Waals surface area contributed by atoms with Gasteiger partial charge in [-0.2, -0.15) is 5.10 Å². The lowest BCUT2D eigenvalue weighted by Crippen LogP contribution is -2.35. The number of aryl methyl sites for hydroxylation is 2. The molecule has 1 aromatic carbocycles. The predicted molar refractivity (Wildman–Crippen MR) is 131 cm³/mol. The first-order valence-corrected chi connectivity index (χ1v) is 13.7. The first-order chi connectivity index (χ1) is 16.1. The van der Waals surface area contributed by atoms with Crippen molar-refractivity contribution in [2.24, 2.45) is 11.8 Å². The molecule has 9 heteroatoms. The van der Waals surface area contributed by atoms with E-state index in [-0.39, 0.29) is 4.90 Å². The molecule has 1 aliphatic heterocycles. The molecular weight excluding hydrogens is 454 g/mol. The summed E-state index contributed by atoms with van der Waals surface area (Å²) < 4.78 is 42.6. The molecule has 8 nitrogen and oxygen atoms in total. The molecule has 0 atom stereocenters. The van der Waals surface area contributed by atoms with Crippen molar-refractivity contribution in [2.75, 3.05) is 30.7 Å². The highest BCUT2D eigenvalue weighted by Crippen LogP contribution is 2.37.